The van der Waals surface area contributed by atoms with Gasteiger partial charge in [-0.05, 0) is 24.6 Å². The van der Waals surface area contributed by atoms with Crippen LogP contribution in [-0.2, 0) is 5.60 Å². The molecule has 0 amide bonds. The van der Waals surface area contributed by atoms with Crippen LogP contribution in [0.25, 0.3) is 11.1 Å². The molecule has 0 spiro atoms. The third-order valence-electron chi connectivity index (χ3n) is 3.51. The molecule has 0 bridgehead atoms. The van der Waals surface area contributed by atoms with Crippen molar-refractivity contribution in [1.82, 2.24) is 4.98 Å². The monoisotopic (exact) mass is 363 g/mol. The highest BCUT2D eigenvalue weighted by Crippen LogP contribution is 2.42. The Labute approximate surface area is 141 Å². The number of alkyl halides is 3. The zero-order chi connectivity index (χ0) is 17.3. The number of hydrogen-bond acceptors (Lipinski definition) is 2. The quantitative estimate of drug-likeness (QED) is 0.766. The molecular formula is C16H14Cl2F3NO. The number of benzene rings is 1. The standard InChI is InChI=1S/C16H14Cl2F3NO/c1-2-7-15(23,16(19,20)21)14-6-3-10(9-22-14)12-5-4-11(17)8-13(12)18/h3-6,8-9,23H,2,7H2,1H3. The van der Waals surface area contributed by atoms with E-state index < -0.39 is 23.9 Å². The maximum absolute atomic E-state index is 13.2. The molecule has 124 valence electrons. The van der Waals surface area contributed by atoms with Gasteiger partial charge in [0.15, 0.2) is 0 Å². The van der Waals surface area contributed by atoms with E-state index >= 15 is 0 Å². The highest BCUT2D eigenvalue weighted by atomic mass is 35.5. The van der Waals surface area contributed by atoms with Crippen LogP contribution in [0.5, 0.6) is 0 Å². The molecule has 1 aromatic carbocycles. The van der Waals surface area contributed by atoms with E-state index in [2.05, 4.69) is 4.98 Å². The summed E-state index contributed by atoms with van der Waals surface area (Å²) in [6.07, 6.45) is -3.82. The van der Waals surface area contributed by atoms with Gasteiger partial charge in [-0.1, -0.05) is 48.7 Å². The van der Waals surface area contributed by atoms with Crippen molar-refractivity contribution in [2.24, 2.45) is 0 Å². The van der Waals surface area contributed by atoms with E-state index in [9.17, 15) is 18.3 Å². The van der Waals surface area contributed by atoms with Gasteiger partial charge in [0.25, 0.3) is 0 Å². The zero-order valence-corrected chi connectivity index (χ0v) is 13.7. The van der Waals surface area contributed by atoms with Crippen molar-refractivity contribution in [3.05, 3.63) is 52.3 Å². The lowest BCUT2D eigenvalue weighted by Crippen LogP contribution is -2.42. The van der Waals surface area contributed by atoms with Crippen molar-refractivity contribution in [3.63, 3.8) is 0 Å². The van der Waals surface area contributed by atoms with Gasteiger partial charge in [-0.2, -0.15) is 13.2 Å². The molecule has 1 atom stereocenters. The first-order valence-corrected chi connectivity index (χ1v) is 7.65. The molecule has 1 unspecified atom stereocenters. The summed E-state index contributed by atoms with van der Waals surface area (Å²) in [5, 5.41) is 10.9. The molecule has 2 aromatic rings. The highest BCUT2D eigenvalue weighted by Gasteiger charge is 2.55. The fourth-order valence-corrected chi connectivity index (χ4v) is 2.82. The van der Waals surface area contributed by atoms with Crippen molar-refractivity contribution in [1.29, 1.82) is 0 Å². The summed E-state index contributed by atoms with van der Waals surface area (Å²) in [6, 6.07) is 7.44. The molecule has 0 aliphatic carbocycles. The lowest BCUT2D eigenvalue weighted by molar-refractivity contribution is -0.270. The fourth-order valence-electron chi connectivity index (χ4n) is 2.30. The normalized spacial score (nSPS) is 14.6. The largest absolute Gasteiger partial charge is 0.422 e. The van der Waals surface area contributed by atoms with E-state index in [4.69, 9.17) is 23.2 Å². The summed E-state index contributed by atoms with van der Waals surface area (Å²) in [6.45, 7) is 1.57. The molecule has 1 heterocycles. The van der Waals surface area contributed by atoms with Gasteiger partial charge in [-0.3, -0.25) is 4.98 Å². The topological polar surface area (TPSA) is 33.1 Å². The maximum atomic E-state index is 13.2. The number of halogens is 5. The van der Waals surface area contributed by atoms with Gasteiger partial charge in [0.2, 0.25) is 5.60 Å². The van der Waals surface area contributed by atoms with Crippen molar-refractivity contribution in [3.8, 4) is 11.1 Å². The highest BCUT2D eigenvalue weighted by molar-refractivity contribution is 6.36. The molecule has 23 heavy (non-hydrogen) atoms. The van der Waals surface area contributed by atoms with Crippen LogP contribution in [0.15, 0.2) is 36.5 Å². The average Bonchev–Trinajstić information content (AvgIpc) is 2.46. The zero-order valence-electron chi connectivity index (χ0n) is 12.2. The Bertz CT molecular complexity index is 689. The molecule has 0 radical (unpaired) electrons. The minimum atomic E-state index is -4.80. The fraction of sp³-hybridized carbons (Fsp3) is 0.312. The lowest BCUT2D eigenvalue weighted by atomic mass is 9.92. The minimum absolute atomic E-state index is 0.169. The molecule has 0 saturated heterocycles. The van der Waals surface area contributed by atoms with Crippen LogP contribution < -0.4 is 0 Å². The molecule has 0 aliphatic rings. The summed E-state index contributed by atoms with van der Waals surface area (Å²) < 4.78 is 39.5. The molecule has 2 rings (SSSR count). The van der Waals surface area contributed by atoms with E-state index in [1.165, 1.54) is 24.4 Å². The Morgan fingerprint density at radius 3 is 2.30 bits per heavy atom. The van der Waals surface area contributed by atoms with Crippen LogP contribution in [0.4, 0.5) is 13.2 Å². The lowest BCUT2D eigenvalue weighted by Gasteiger charge is -2.29. The SMILES string of the molecule is CCCC(O)(c1ccc(-c2ccc(Cl)cc2Cl)cn1)C(F)(F)F. The van der Waals surface area contributed by atoms with Gasteiger partial charge in [0.1, 0.15) is 0 Å². The number of pyridine rings is 1. The Hall–Kier alpha value is -1.30. The average molecular weight is 364 g/mol. The summed E-state index contributed by atoms with van der Waals surface area (Å²) in [7, 11) is 0. The number of nitrogens with zero attached hydrogens (tertiary/aromatic N) is 1. The minimum Gasteiger partial charge on any atom is -0.375 e. The summed E-state index contributed by atoms with van der Waals surface area (Å²) in [5.74, 6) is 0. The number of aromatic nitrogens is 1. The van der Waals surface area contributed by atoms with Crippen LogP contribution in [-0.4, -0.2) is 16.3 Å². The first-order valence-electron chi connectivity index (χ1n) is 6.90. The van der Waals surface area contributed by atoms with Crippen LogP contribution in [0.3, 0.4) is 0 Å². The van der Waals surface area contributed by atoms with Gasteiger partial charge in [-0.15, -0.1) is 0 Å². The molecule has 0 aliphatic heterocycles. The molecule has 1 N–H and O–H groups in total. The van der Waals surface area contributed by atoms with Crippen LogP contribution in [0.2, 0.25) is 10.0 Å². The van der Waals surface area contributed by atoms with Crippen molar-refractivity contribution in [2.75, 3.05) is 0 Å². The molecule has 1 aromatic heterocycles. The van der Waals surface area contributed by atoms with E-state index in [-0.39, 0.29) is 6.42 Å². The van der Waals surface area contributed by atoms with Crippen LogP contribution >= 0.6 is 23.2 Å². The Balaban J connectivity index is 2.42. The predicted molar refractivity (Wildman–Crippen MR) is 84.6 cm³/mol. The second kappa shape index (κ2) is 6.67. The molecule has 7 heteroatoms. The molecule has 2 nitrogen and oxygen atoms in total. The van der Waals surface area contributed by atoms with Gasteiger partial charge >= 0.3 is 6.18 Å². The van der Waals surface area contributed by atoms with Gasteiger partial charge < -0.3 is 5.11 Å². The second-order valence-corrected chi connectivity index (χ2v) is 6.01. The summed E-state index contributed by atoms with van der Waals surface area (Å²) in [5.41, 5.74) is -2.25. The third-order valence-corrected chi connectivity index (χ3v) is 4.06. The van der Waals surface area contributed by atoms with E-state index in [0.29, 0.717) is 21.2 Å². The summed E-state index contributed by atoms with van der Waals surface area (Å²) in [4.78, 5) is 3.81. The van der Waals surface area contributed by atoms with E-state index in [1.807, 2.05) is 0 Å². The Morgan fingerprint density at radius 1 is 1.13 bits per heavy atom. The number of aliphatic hydroxyl groups is 1. The third kappa shape index (κ3) is 3.62. The van der Waals surface area contributed by atoms with Crippen LogP contribution in [0, 0.1) is 0 Å². The Morgan fingerprint density at radius 2 is 1.83 bits per heavy atom. The second-order valence-electron chi connectivity index (χ2n) is 5.16. The summed E-state index contributed by atoms with van der Waals surface area (Å²) >= 11 is 11.9. The van der Waals surface area contributed by atoms with Crippen molar-refractivity contribution < 1.29 is 18.3 Å². The van der Waals surface area contributed by atoms with E-state index in [1.54, 1.807) is 19.1 Å². The maximum Gasteiger partial charge on any atom is 0.422 e. The van der Waals surface area contributed by atoms with Crippen LogP contribution in [0.1, 0.15) is 25.5 Å². The first kappa shape index (κ1) is 18.0. The van der Waals surface area contributed by atoms with Gasteiger partial charge in [-0.25, -0.2) is 0 Å². The molecule has 0 saturated carbocycles. The Kier molecular flexibility index (Phi) is 5.23. The molecular weight excluding hydrogens is 350 g/mol. The molecule has 0 fully saturated rings. The van der Waals surface area contributed by atoms with Gasteiger partial charge in [0.05, 0.1) is 5.69 Å². The van der Waals surface area contributed by atoms with Gasteiger partial charge in [0, 0.05) is 27.4 Å². The smallest absolute Gasteiger partial charge is 0.375 e. The van der Waals surface area contributed by atoms with Crippen molar-refractivity contribution in [2.45, 2.75) is 31.5 Å². The number of rotatable bonds is 4. The van der Waals surface area contributed by atoms with E-state index in [0.717, 1.165) is 0 Å². The van der Waals surface area contributed by atoms with Crippen molar-refractivity contribution >= 4 is 23.2 Å². The predicted octanol–water partition coefficient (Wildman–Crippen LogP) is 5.61. The number of hydrogen-bond donors (Lipinski definition) is 1. The first-order chi connectivity index (χ1) is 10.7.